The van der Waals surface area contributed by atoms with Crippen LogP contribution in [0.25, 0.3) is 0 Å². The van der Waals surface area contributed by atoms with Crippen LogP contribution in [-0.2, 0) is 14.3 Å². The molecule has 1 aliphatic rings. The van der Waals surface area contributed by atoms with Crippen LogP contribution in [0.15, 0.2) is 11.2 Å². The molecule has 0 bridgehead atoms. The summed E-state index contributed by atoms with van der Waals surface area (Å²) in [5, 5.41) is 17.6. The molecule has 0 saturated carbocycles. The van der Waals surface area contributed by atoms with Gasteiger partial charge in [-0.3, -0.25) is 0 Å². The molecule has 0 saturated heterocycles. The molecule has 0 atom stereocenters. The number of cyclic esters (lactones) is 1. The summed E-state index contributed by atoms with van der Waals surface area (Å²) in [5.74, 6) is -1.63. The predicted octanol–water partition coefficient (Wildman–Crippen LogP) is -0.418. The van der Waals surface area contributed by atoms with Gasteiger partial charge in [0.15, 0.2) is 0 Å². The molecule has 0 spiro atoms. The van der Waals surface area contributed by atoms with E-state index in [1.54, 1.807) is 13.8 Å². The molecular formula is C7H11BO5. The van der Waals surface area contributed by atoms with Gasteiger partial charge >= 0.3 is 13.1 Å². The van der Waals surface area contributed by atoms with Crippen LogP contribution in [0.5, 0.6) is 0 Å². The molecule has 1 aliphatic heterocycles. The molecular weight excluding hydrogens is 175 g/mol. The van der Waals surface area contributed by atoms with E-state index in [2.05, 4.69) is 0 Å². The molecule has 1 rings (SSSR count). The Morgan fingerprint density at radius 2 is 1.85 bits per heavy atom. The third kappa shape index (κ3) is 2.02. The number of hydrogen-bond acceptors (Lipinski definition) is 5. The van der Waals surface area contributed by atoms with E-state index in [1.807, 2.05) is 0 Å². The molecule has 0 unspecified atom stereocenters. The lowest BCUT2D eigenvalue weighted by Gasteiger charge is -2.32. The fraction of sp³-hybridized carbons (Fsp3) is 0.571. The van der Waals surface area contributed by atoms with Crippen molar-refractivity contribution < 1.29 is 24.3 Å². The van der Waals surface area contributed by atoms with Crippen LogP contribution in [0.4, 0.5) is 0 Å². The van der Waals surface area contributed by atoms with Gasteiger partial charge in [0.1, 0.15) is 11.2 Å². The van der Waals surface area contributed by atoms with Crippen LogP contribution < -0.4 is 0 Å². The molecule has 0 aromatic rings. The van der Waals surface area contributed by atoms with Gasteiger partial charge in [0.25, 0.3) is 0 Å². The Labute approximate surface area is 76.1 Å². The van der Waals surface area contributed by atoms with E-state index in [1.165, 1.54) is 6.92 Å². The maximum absolute atomic E-state index is 11.2. The summed E-state index contributed by atoms with van der Waals surface area (Å²) in [6.45, 7) is 4.61. The molecule has 5 nitrogen and oxygen atoms in total. The van der Waals surface area contributed by atoms with Crippen LogP contribution in [-0.4, -0.2) is 28.9 Å². The zero-order valence-electron chi connectivity index (χ0n) is 7.70. The van der Waals surface area contributed by atoms with E-state index < -0.39 is 18.9 Å². The molecule has 0 amide bonds. The lowest BCUT2D eigenvalue weighted by Crippen LogP contribution is -2.40. The topological polar surface area (TPSA) is 76.0 Å². The van der Waals surface area contributed by atoms with Gasteiger partial charge < -0.3 is 19.5 Å². The van der Waals surface area contributed by atoms with E-state index >= 15 is 0 Å². The highest BCUT2D eigenvalue weighted by molar-refractivity contribution is 6.58. The van der Waals surface area contributed by atoms with Crippen molar-refractivity contribution in [3.05, 3.63) is 11.2 Å². The van der Waals surface area contributed by atoms with Crippen LogP contribution in [0.3, 0.4) is 0 Å². The van der Waals surface area contributed by atoms with Crippen LogP contribution in [0.1, 0.15) is 20.8 Å². The van der Waals surface area contributed by atoms with Crippen molar-refractivity contribution in [2.24, 2.45) is 0 Å². The number of ether oxygens (including phenoxy) is 2. The molecule has 13 heavy (non-hydrogen) atoms. The van der Waals surface area contributed by atoms with Crippen molar-refractivity contribution in [3.63, 3.8) is 0 Å². The summed E-state index contributed by atoms with van der Waals surface area (Å²) in [7, 11) is -1.86. The minimum atomic E-state index is -1.86. The average molecular weight is 186 g/mol. The monoisotopic (exact) mass is 186 g/mol. The Morgan fingerprint density at radius 1 is 1.31 bits per heavy atom. The minimum absolute atomic E-state index is 0.177. The van der Waals surface area contributed by atoms with Crippen molar-refractivity contribution in [1.82, 2.24) is 0 Å². The number of carbonyl (C=O) groups is 1. The van der Waals surface area contributed by atoms with Crippen molar-refractivity contribution in [1.29, 1.82) is 0 Å². The van der Waals surface area contributed by atoms with Gasteiger partial charge in [-0.15, -0.1) is 0 Å². The maximum Gasteiger partial charge on any atom is 0.499 e. The Bertz CT molecular complexity index is 268. The first-order valence-electron chi connectivity index (χ1n) is 3.83. The van der Waals surface area contributed by atoms with Gasteiger partial charge in [-0.2, -0.15) is 0 Å². The number of carbonyl (C=O) groups excluding carboxylic acids is 1. The second-order valence-electron chi connectivity index (χ2n) is 3.23. The molecule has 2 N–H and O–H groups in total. The summed E-state index contributed by atoms with van der Waals surface area (Å²) in [6, 6.07) is 0. The number of hydrogen-bond donors (Lipinski definition) is 2. The Morgan fingerprint density at radius 3 is 2.23 bits per heavy atom. The highest BCUT2D eigenvalue weighted by Crippen LogP contribution is 2.26. The van der Waals surface area contributed by atoms with Gasteiger partial charge in [-0.25, -0.2) is 4.79 Å². The van der Waals surface area contributed by atoms with Gasteiger partial charge in [-0.1, -0.05) is 0 Å². The minimum Gasteiger partial charge on any atom is -0.458 e. The van der Waals surface area contributed by atoms with E-state index in [-0.39, 0.29) is 11.2 Å². The molecule has 1 heterocycles. The number of rotatable bonds is 1. The fourth-order valence-corrected chi connectivity index (χ4v) is 1.15. The van der Waals surface area contributed by atoms with E-state index in [0.29, 0.717) is 0 Å². The highest BCUT2D eigenvalue weighted by atomic mass is 16.7. The van der Waals surface area contributed by atoms with E-state index in [9.17, 15) is 4.79 Å². The molecule has 0 aromatic heterocycles. The normalized spacial score (nSPS) is 20.8. The lowest BCUT2D eigenvalue weighted by atomic mass is 9.78. The van der Waals surface area contributed by atoms with Crippen molar-refractivity contribution in [2.45, 2.75) is 26.6 Å². The Balaban J connectivity index is 3.01. The first kappa shape index (κ1) is 10.1. The largest absolute Gasteiger partial charge is 0.499 e. The zero-order chi connectivity index (χ0) is 10.2. The highest BCUT2D eigenvalue weighted by Gasteiger charge is 2.38. The predicted molar refractivity (Wildman–Crippen MR) is 44.1 cm³/mol. The van der Waals surface area contributed by atoms with Gasteiger partial charge in [0.2, 0.25) is 5.79 Å². The van der Waals surface area contributed by atoms with Gasteiger partial charge in [-0.05, 0) is 6.92 Å². The second-order valence-corrected chi connectivity index (χ2v) is 3.23. The van der Waals surface area contributed by atoms with Gasteiger partial charge in [0.05, 0.1) is 0 Å². The van der Waals surface area contributed by atoms with Crippen molar-refractivity contribution >= 4 is 13.1 Å². The standard InChI is InChI=1S/C7H11BO5/c1-4-5(8(10)11)6(9)13-7(2,3)12-4/h10-11H,1-3H3. The summed E-state index contributed by atoms with van der Waals surface area (Å²) >= 11 is 0. The maximum atomic E-state index is 11.2. The van der Waals surface area contributed by atoms with Gasteiger partial charge in [0, 0.05) is 13.8 Å². The van der Waals surface area contributed by atoms with Crippen LogP contribution >= 0.6 is 0 Å². The Kier molecular flexibility index (Phi) is 2.36. The molecule has 0 aromatic carbocycles. The molecule has 0 aliphatic carbocycles. The third-order valence-electron chi connectivity index (χ3n) is 1.59. The van der Waals surface area contributed by atoms with E-state index in [4.69, 9.17) is 19.5 Å². The SMILES string of the molecule is CC1=C(B(O)O)C(=O)OC(C)(C)O1. The third-order valence-corrected chi connectivity index (χ3v) is 1.59. The summed E-state index contributed by atoms with van der Waals surface area (Å²) < 4.78 is 9.91. The smallest absolute Gasteiger partial charge is 0.458 e. The average Bonchev–Trinajstić information content (AvgIpc) is 1.78. The first-order chi connectivity index (χ1) is 5.83. The summed E-state index contributed by atoms with van der Waals surface area (Å²) in [4.78, 5) is 11.2. The van der Waals surface area contributed by atoms with E-state index in [0.717, 1.165) is 0 Å². The summed E-state index contributed by atoms with van der Waals surface area (Å²) in [6.07, 6.45) is 0. The second kappa shape index (κ2) is 3.04. The first-order valence-corrected chi connectivity index (χ1v) is 3.83. The molecule has 0 radical (unpaired) electrons. The quantitative estimate of drug-likeness (QED) is 0.429. The molecule has 72 valence electrons. The fourth-order valence-electron chi connectivity index (χ4n) is 1.15. The van der Waals surface area contributed by atoms with Crippen LogP contribution in [0.2, 0.25) is 0 Å². The molecule has 6 heteroatoms. The number of allylic oxidation sites excluding steroid dienone is 1. The Hall–Kier alpha value is -1.01. The zero-order valence-corrected chi connectivity index (χ0v) is 7.70. The van der Waals surface area contributed by atoms with Crippen molar-refractivity contribution in [2.75, 3.05) is 0 Å². The molecule has 0 fully saturated rings. The number of esters is 1. The van der Waals surface area contributed by atoms with Crippen LogP contribution in [0, 0.1) is 0 Å². The lowest BCUT2D eigenvalue weighted by molar-refractivity contribution is -0.206. The van der Waals surface area contributed by atoms with Crippen molar-refractivity contribution in [3.8, 4) is 0 Å². The summed E-state index contributed by atoms with van der Waals surface area (Å²) in [5.41, 5.74) is -0.251.